The maximum Gasteiger partial charge on any atom is 0.145 e. The van der Waals surface area contributed by atoms with Crippen LogP contribution < -0.4 is 14.8 Å². The van der Waals surface area contributed by atoms with Crippen molar-refractivity contribution in [3.63, 3.8) is 0 Å². The van der Waals surface area contributed by atoms with Crippen LogP contribution in [-0.4, -0.2) is 19.2 Å². The molecule has 0 unspecified atom stereocenters. The van der Waals surface area contributed by atoms with Crippen LogP contribution in [0.15, 0.2) is 42.6 Å². The molecule has 0 atom stereocenters. The van der Waals surface area contributed by atoms with E-state index in [4.69, 9.17) is 9.47 Å². The molecule has 23 heavy (non-hydrogen) atoms. The third kappa shape index (κ3) is 2.93. The van der Waals surface area contributed by atoms with Gasteiger partial charge in [0.25, 0.3) is 0 Å². The number of benzene rings is 2. The summed E-state index contributed by atoms with van der Waals surface area (Å²) in [6.07, 6.45) is 1.82. The van der Waals surface area contributed by atoms with Gasteiger partial charge < -0.3 is 14.8 Å². The van der Waals surface area contributed by atoms with Crippen LogP contribution in [0.2, 0.25) is 0 Å². The van der Waals surface area contributed by atoms with E-state index in [-0.39, 0.29) is 0 Å². The fourth-order valence-corrected chi connectivity index (χ4v) is 2.77. The van der Waals surface area contributed by atoms with Crippen molar-refractivity contribution in [3.05, 3.63) is 53.7 Å². The second kappa shape index (κ2) is 6.16. The van der Waals surface area contributed by atoms with Crippen LogP contribution in [0.25, 0.3) is 10.9 Å². The Bertz CT molecular complexity index is 859. The van der Waals surface area contributed by atoms with Crippen LogP contribution in [0.3, 0.4) is 0 Å². The highest BCUT2D eigenvalue weighted by atomic mass is 16.5. The third-order valence-electron chi connectivity index (χ3n) is 3.86. The lowest BCUT2D eigenvalue weighted by atomic mass is 10.1. The monoisotopic (exact) mass is 308 g/mol. The zero-order valence-electron chi connectivity index (χ0n) is 13.8. The summed E-state index contributed by atoms with van der Waals surface area (Å²) in [5.74, 6) is 1.50. The molecule has 0 aliphatic heterocycles. The van der Waals surface area contributed by atoms with Crippen molar-refractivity contribution < 1.29 is 9.47 Å². The van der Waals surface area contributed by atoms with E-state index in [0.29, 0.717) is 0 Å². The van der Waals surface area contributed by atoms with Gasteiger partial charge in [0.1, 0.15) is 11.5 Å². The number of fused-ring (bicyclic) bond motifs is 1. The number of nitrogens with zero attached hydrogens (tertiary/aromatic N) is 1. The molecule has 3 aromatic rings. The van der Waals surface area contributed by atoms with Gasteiger partial charge in [0.2, 0.25) is 0 Å². The molecular formula is C19H20N2O2. The van der Waals surface area contributed by atoms with Crippen molar-refractivity contribution in [1.29, 1.82) is 0 Å². The SMILES string of the molecule is COc1ccc(Nc2ccnc3c(C)cc(C)cc23)c(OC)c1. The smallest absolute Gasteiger partial charge is 0.145 e. The van der Waals surface area contributed by atoms with E-state index in [9.17, 15) is 0 Å². The van der Waals surface area contributed by atoms with E-state index >= 15 is 0 Å². The predicted molar refractivity (Wildman–Crippen MR) is 94.0 cm³/mol. The molecule has 118 valence electrons. The molecule has 0 fully saturated rings. The van der Waals surface area contributed by atoms with E-state index in [0.717, 1.165) is 33.8 Å². The summed E-state index contributed by atoms with van der Waals surface area (Å²) in [5.41, 5.74) is 5.29. The summed E-state index contributed by atoms with van der Waals surface area (Å²) >= 11 is 0. The number of hydrogen-bond donors (Lipinski definition) is 1. The minimum Gasteiger partial charge on any atom is -0.497 e. The Balaban J connectivity index is 2.09. The maximum absolute atomic E-state index is 5.46. The molecule has 0 radical (unpaired) electrons. The van der Waals surface area contributed by atoms with Gasteiger partial charge in [-0.15, -0.1) is 0 Å². The Kier molecular flexibility index (Phi) is 4.06. The van der Waals surface area contributed by atoms with E-state index in [1.54, 1.807) is 14.2 Å². The van der Waals surface area contributed by atoms with Crippen molar-refractivity contribution in [1.82, 2.24) is 4.98 Å². The van der Waals surface area contributed by atoms with Crippen LogP contribution in [0, 0.1) is 13.8 Å². The van der Waals surface area contributed by atoms with Crippen LogP contribution in [0.4, 0.5) is 11.4 Å². The summed E-state index contributed by atoms with van der Waals surface area (Å²) in [7, 11) is 3.29. The van der Waals surface area contributed by atoms with E-state index < -0.39 is 0 Å². The number of hydrogen-bond acceptors (Lipinski definition) is 4. The minimum absolute atomic E-state index is 0.735. The van der Waals surface area contributed by atoms with Gasteiger partial charge in [0, 0.05) is 23.3 Å². The molecule has 1 aromatic heterocycles. The lowest BCUT2D eigenvalue weighted by molar-refractivity contribution is 0.395. The number of aryl methyl sites for hydroxylation is 2. The summed E-state index contributed by atoms with van der Waals surface area (Å²) in [4.78, 5) is 4.50. The quantitative estimate of drug-likeness (QED) is 0.764. The number of nitrogens with one attached hydrogen (secondary N) is 1. The molecule has 0 spiro atoms. The first kappa shape index (κ1) is 15.2. The molecule has 1 heterocycles. The summed E-state index contributed by atoms with van der Waals surface area (Å²) in [6.45, 7) is 4.18. The molecule has 0 amide bonds. The van der Waals surface area contributed by atoms with Crippen LogP contribution in [-0.2, 0) is 0 Å². The van der Waals surface area contributed by atoms with Gasteiger partial charge in [-0.2, -0.15) is 0 Å². The molecule has 0 bridgehead atoms. The van der Waals surface area contributed by atoms with Crippen LogP contribution in [0.1, 0.15) is 11.1 Å². The Labute approximate surface area is 136 Å². The molecule has 0 aliphatic rings. The molecule has 1 N–H and O–H groups in total. The largest absolute Gasteiger partial charge is 0.497 e. The first-order valence-corrected chi connectivity index (χ1v) is 7.47. The molecule has 0 saturated carbocycles. The molecule has 2 aromatic carbocycles. The summed E-state index contributed by atoms with van der Waals surface area (Å²) < 4.78 is 10.7. The van der Waals surface area contributed by atoms with Crippen molar-refractivity contribution in [2.75, 3.05) is 19.5 Å². The Hall–Kier alpha value is -2.75. The topological polar surface area (TPSA) is 43.4 Å². The second-order valence-corrected chi connectivity index (χ2v) is 5.53. The van der Waals surface area contributed by atoms with E-state index in [1.807, 2.05) is 30.5 Å². The highest BCUT2D eigenvalue weighted by Crippen LogP contribution is 2.34. The Morgan fingerprint density at radius 3 is 2.48 bits per heavy atom. The van der Waals surface area contributed by atoms with Crippen molar-refractivity contribution >= 4 is 22.3 Å². The lowest BCUT2D eigenvalue weighted by Gasteiger charge is -2.15. The normalized spacial score (nSPS) is 10.6. The van der Waals surface area contributed by atoms with Crippen molar-refractivity contribution in [2.45, 2.75) is 13.8 Å². The first-order chi connectivity index (χ1) is 11.1. The average Bonchev–Trinajstić information content (AvgIpc) is 2.56. The van der Waals surface area contributed by atoms with Gasteiger partial charge >= 0.3 is 0 Å². The fraction of sp³-hybridized carbons (Fsp3) is 0.211. The van der Waals surface area contributed by atoms with Gasteiger partial charge in [0.05, 0.1) is 25.4 Å². The predicted octanol–water partition coefficient (Wildman–Crippen LogP) is 4.61. The third-order valence-corrected chi connectivity index (χ3v) is 3.86. The minimum atomic E-state index is 0.735. The maximum atomic E-state index is 5.46. The average molecular weight is 308 g/mol. The highest BCUT2D eigenvalue weighted by Gasteiger charge is 2.09. The van der Waals surface area contributed by atoms with Gasteiger partial charge in [-0.05, 0) is 43.7 Å². The number of pyridine rings is 1. The molecule has 0 saturated heterocycles. The van der Waals surface area contributed by atoms with E-state index in [2.05, 4.69) is 36.3 Å². The fourth-order valence-electron chi connectivity index (χ4n) is 2.77. The number of rotatable bonds is 4. The highest BCUT2D eigenvalue weighted by molar-refractivity contribution is 5.95. The van der Waals surface area contributed by atoms with Gasteiger partial charge in [-0.3, -0.25) is 4.98 Å². The van der Waals surface area contributed by atoms with Gasteiger partial charge in [0.15, 0.2) is 0 Å². The van der Waals surface area contributed by atoms with E-state index in [1.165, 1.54) is 11.1 Å². The standard InChI is InChI=1S/C19H20N2O2/c1-12-9-13(2)19-15(10-12)16(7-8-20-19)21-17-6-5-14(22-3)11-18(17)23-4/h5-11H,1-4H3,(H,20,21). The summed E-state index contributed by atoms with van der Waals surface area (Å²) in [6, 6.07) is 12.0. The number of ether oxygens (including phenoxy) is 2. The molecule has 3 rings (SSSR count). The first-order valence-electron chi connectivity index (χ1n) is 7.47. The number of anilines is 2. The Morgan fingerprint density at radius 1 is 0.913 bits per heavy atom. The molecule has 0 aliphatic carbocycles. The zero-order valence-corrected chi connectivity index (χ0v) is 13.8. The molecule has 4 heteroatoms. The van der Waals surface area contributed by atoms with Crippen molar-refractivity contribution in [2.24, 2.45) is 0 Å². The lowest BCUT2D eigenvalue weighted by Crippen LogP contribution is -1.97. The van der Waals surface area contributed by atoms with Crippen molar-refractivity contribution in [3.8, 4) is 11.5 Å². The number of aromatic nitrogens is 1. The molecule has 4 nitrogen and oxygen atoms in total. The zero-order chi connectivity index (χ0) is 16.4. The molecular weight excluding hydrogens is 288 g/mol. The van der Waals surface area contributed by atoms with Crippen LogP contribution >= 0.6 is 0 Å². The Morgan fingerprint density at radius 2 is 1.74 bits per heavy atom. The summed E-state index contributed by atoms with van der Waals surface area (Å²) in [5, 5.41) is 4.55. The van der Waals surface area contributed by atoms with Crippen LogP contribution in [0.5, 0.6) is 11.5 Å². The number of methoxy groups -OCH3 is 2. The van der Waals surface area contributed by atoms with Gasteiger partial charge in [-0.25, -0.2) is 0 Å². The van der Waals surface area contributed by atoms with Gasteiger partial charge in [-0.1, -0.05) is 11.6 Å². The second-order valence-electron chi connectivity index (χ2n) is 5.53.